The Balaban J connectivity index is 2.13. The van der Waals surface area contributed by atoms with Crippen LogP contribution in [0.25, 0.3) is 11.0 Å². The molecule has 0 saturated heterocycles. The SMILES string of the molecule is COC(=O)COc1cccc2c(CCOS(C)(=O)=O)coc12. The molecule has 0 saturated carbocycles. The van der Waals surface area contributed by atoms with E-state index < -0.39 is 16.1 Å². The Labute approximate surface area is 127 Å². The molecular formula is C14H16O7S. The molecule has 0 aliphatic heterocycles. The molecule has 0 amide bonds. The number of hydrogen-bond acceptors (Lipinski definition) is 7. The molecule has 0 spiro atoms. The fourth-order valence-corrected chi connectivity index (χ4v) is 2.28. The van der Waals surface area contributed by atoms with E-state index in [1.54, 1.807) is 12.1 Å². The van der Waals surface area contributed by atoms with E-state index in [9.17, 15) is 13.2 Å². The van der Waals surface area contributed by atoms with Crippen LogP contribution < -0.4 is 4.74 Å². The number of hydrogen-bond donors (Lipinski definition) is 0. The van der Waals surface area contributed by atoms with Gasteiger partial charge in [0.25, 0.3) is 10.1 Å². The second-order valence-corrected chi connectivity index (χ2v) is 6.18. The first-order chi connectivity index (χ1) is 10.4. The molecule has 120 valence electrons. The molecule has 0 aliphatic rings. The van der Waals surface area contributed by atoms with Gasteiger partial charge in [0.2, 0.25) is 0 Å². The second kappa shape index (κ2) is 6.80. The minimum atomic E-state index is -3.47. The van der Waals surface area contributed by atoms with Gasteiger partial charge in [-0.1, -0.05) is 12.1 Å². The fraction of sp³-hybridized carbons (Fsp3) is 0.357. The summed E-state index contributed by atoms with van der Waals surface area (Å²) in [5.74, 6) is -0.0801. The van der Waals surface area contributed by atoms with Crippen molar-refractivity contribution in [3.63, 3.8) is 0 Å². The van der Waals surface area contributed by atoms with Gasteiger partial charge in [0, 0.05) is 17.4 Å². The van der Waals surface area contributed by atoms with Crippen LogP contribution in [-0.2, 0) is 30.3 Å². The number of benzene rings is 1. The summed E-state index contributed by atoms with van der Waals surface area (Å²) in [4.78, 5) is 11.1. The van der Waals surface area contributed by atoms with Crippen molar-refractivity contribution >= 4 is 27.1 Å². The van der Waals surface area contributed by atoms with Gasteiger partial charge in [-0.25, -0.2) is 4.79 Å². The lowest BCUT2D eigenvalue weighted by Crippen LogP contribution is -2.12. The monoisotopic (exact) mass is 328 g/mol. The van der Waals surface area contributed by atoms with Crippen LogP contribution in [0.1, 0.15) is 5.56 Å². The molecule has 1 heterocycles. The van der Waals surface area contributed by atoms with Crippen molar-refractivity contribution in [1.29, 1.82) is 0 Å². The standard InChI is InChI=1S/C14H16O7S/c1-18-13(15)9-19-12-5-3-4-11-10(8-20-14(11)12)6-7-21-22(2,16)17/h3-5,8H,6-7,9H2,1-2H3. The molecule has 1 aromatic heterocycles. The number of ether oxygens (including phenoxy) is 2. The summed E-state index contributed by atoms with van der Waals surface area (Å²) >= 11 is 0. The number of rotatable bonds is 7. The van der Waals surface area contributed by atoms with Gasteiger partial charge in [0.05, 0.1) is 26.2 Å². The van der Waals surface area contributed by atoms with Crippen LogP contribution in [0.15, 0.2) is 28.9 Å². The first-order valence-corrected chi connectivity index (χ1v) is 8.25. The lowest BCUT2D eigenvalue weighted by atomic mass is 10.1. The van der Waals surface area contributed by atoms with Crippen LogP contribution in [0.4, 0.5) is 0 Å². The summed E-state index contributed by atoms with van der Waals surface area (Å²) in [5, 5.41) is 0.777. The highest BCUT2D eigenvalue weighted by Gasteiger charge is 2.13. The molecule has 22 heavy (non-hydrogen) atoms. The van der Waals surface area contributed by atoms with Crippen molar-refractivity contribution in [2.24, 2.45) is 0 Å². The topological polar surface area (TPSA) is 92.0 Å². The highest BCUT2D eigenvalue weighted by molar-refractivity contribution is 7.85. The Morgan fingerprint density at radius 2 is 2.09 bits per heavy atom. The van der Waals surface area contributed by atoms with E-state index in [1.165, 1.54) is 13.4 Å². The third-order valence-electron chi connectivity index (χ3n) is 2.89. The maximum absolute atomic E-state index is 11.1. The van der Waals surface area contributed by atoms with Gasteiger partial charge in [-0.3, -0.25) is 4.18 Å². The first-order valence-electron chi connectivity index (χ1n) is 6.44. The van der Waals surface area contributed by atoms with Crippen LogP contribution in [0.2, 0.25) is 0 Å². The maximum atomic E-state index is 11.1. The highest BCUT2D eigenvalue weighted by Crippen LogP contribution is 2.30. The molecule has 0 fully saturated rings. The summed E-state index contributed by atoms with van der Waals surface area (Å²) in [7, 11) is -2.19. The van der Waals surface area contributed by atoms with Crippen LogP contribution in [-0.4, -0.2) is 41.0 Å². The molecular weight excluding hydrogens is 312 g/mol. The molecule has 0 unspecified atom stereocenters. The molecule has 0 radical (unpaired) electrons. The van der Waals surface area contributed by atoms with E-state index in [-0.39, 0.29) is 13.2 Å². The number of esters is 1. The zero-order valence-electron chi connectivity index (χ0n) is 12.2. The van der Waals surface area contributed by atoms with Crippen molar-refractivity contribution < 1.29 is 31.3 Å². The Hall–Kier alpha value is -2.06. The molecule has 1 aromatic carbocycles. The summed E-state index contributed by atoms with van der Waals surface area (Å²) < 4.78 is 41.9. The van der Waals surface area contributed by atoms with E-state index in [2.05, 4.69) is 4.74 Å². The molecule has 2 rings (SSSR count). The van der Waals surface area contributed by atoms with Gasteiger partial charge in [-0.15, -0.1) is 0 Å². The van der Waals surface area contributed by atoms with E-state index >= 15 is 0 Å². The average molecular weight is 328 g/mol. The third kappa shape index (κ3) is 4.22. The molecule has 0 N–H and O–H groups in total. The lowest BCUT2D eigenvalue weighted by Gasteiger charge is -2.05. The molecule has 0 atom stereocenters. The Bertz CT molecular complexity index is 761. The van der Waals surface area contributed by atoms with Crippen LogP contribution >= 0.6 is 0 Å². The zero-order valence-corrected chi connectivity index (χ0v) is 13.0. The fourth-order valence-electron chi connectivity index (χ4n) is 1.89. The number of para-hydroxylation sites is 1. The Morgan fingerprint density at radius 1 is 1.32 bits per heavy atom. The van der Waals surface area contributed by atoms with Crippen molar-refractivity contribution in [1.82, 2.24) is 0 Å². The van der Waals surface area contributed by atoms with Gasteiger partial charge in [-0.2, -0.15) is 8.42 Å². The smallest absolute Gasteiger partial charge is 0.343 e. The molecule has 0 aliphatic carbocycles. The van der Waals surface area contributed by atoms with E-state index in [4.69, 9.17) is 13.3 Å². The normalized spacial score (nSPS) is 11.5. The minimum Gasteiger partial charge on any atom is -0.478 e. The Morgan fingerprint density at radius 3 is 2.77 bits per heavy atom. The van der Waals surface area contributed by atoms with Crippen molar-refractivity contribution in [2.45, 2.75) is 6.42 Å². The summed E-state index contributed by atoms with van der Waals surface area (Å²) in [6.45, 7) is -0.191. The summed E-state index contributed by atoms with van der Waals surface area (Å²) in [6.07, 6.45) is 2.89. The Kier molecular flexibility index (Phi) is 5.04. The molecule has 2 aromatic rings. The second-order valence-electron chi connectivity index (χ2n) is 4.53. The van der Waals surface area contributed by atoms with E-state index in [1.807, 2.05) is 6.07 Å². The van der Waals surface area contributed by atoms with Gasteiger partial charge in [-0.05, 0) is 6.07 Å². The quantitative estimate of drug-likeness (QED) is 0.562. The van der Waals surface area contributed by atoms with Crippen LogP contribution in [0.5, 0.6) is 5.75 Å². The molecule has 0 bridgehead atoms. The molecule has 8 heteroatoms. The number of methoxy groups -OCH3 is 1. The molecule has 7 nitrogen and oxygen atoms in total. The van der Waals surface area contributed by atoms with Gasteiger partial charge >= 0.3 is 5.97 Å². The van der Waals surface area contributed by atoms with Crippen LogP contribution in [0.3, 0.4) is 0 Å². The number of carbonyl (C=O) groups is 1. The number of furan rings is 1. The largest absolute Gasteiger partial charge is 0.478 e. The summed E-state index contributed by atoms with van der Waals surface area (Å²) in [6, 6.07) is 5.25. The maximum Gasteiger partial charge on any atom is 0.343 e. The van der Waals surface area contributed by atoms with Crippen molar-refractivity contribution in [3.8, 4) is 5.75 Å². The minimum absolute atomic E-state index is 0.0285. The zero-order chi connectivity index (χ0) is 16.2. The van der Waals surface area contributed by atoms with Crippen molar-refractivity contribution in [2.75, 3.05) is 26.6 Å². The van der Waals surface area contributed by atoms with Crippen LogP contribution in [0, 0.1) is 0 Å². The van der Waals surface area contributed by atoms with Gasteiger partial charge in [0.15, 0.2) is 17.9 Å². The first kappa shape index (κ1) is 16.3. The van der Waals surface area contributed by atoms with E-state index in [0.29, 0.717) is 17.8 Å². The number of fused-ring (bicyclic) bond motifs is 1. The van der Waals surface area contributed by atoms with Crippen molar-refractivity contribution in [3.05, 3.63) is 30.0 Å². The third-order valence-corrected chi connectivity index (χ3v) is 3.48. The van der Waals surface area contributed by atoms with E-state index in [0.717, 1.165) is 17.2 Å². The van der Waals surface area contributed by atoms with Gasteiger partial charge < -0.3 is 13.9 Å². The van der Waals surface area contributed by atoms with Gasteiger partial charge in [0.1, 0.15) is 0 Å². The predicted molar refractivity (Wildman–Crippen MR) is 78.2 cm³/mol. The number of carbonyl (C=O) groups excluding carboxylic acids is 1. The highest BCUT2D eigenvalue weighted by atomic mass is 32.2. The lowest BCUT2D eigenvalue weighted by molar-refractivity contribution is -0.142. The average Bonchev–Trinajstić information content (AvgIpc) is 2.87. The predicted octanol–water partition coefficient (Wildman–Crippen LogP) is 1.50. The summed E-state index contributed by atoms with van der Waals surface area (Å²) in [5.41, 5.74) is 1.28.